The van der Waals surface area contributed by atoms with E-state index in [0.29, 0.717) is 6.61 Å². The molecule has 1 atom stereocenters. The molecule has 106 valence electrons. The van der Waals surface area contributed by atoms with Crippen molar-refractivity contribution >= 4 is 11.6 Å². The number of nitrogens with one attached hydrogen (secondary N) is 1. The molecule has 2 nitrogen and oxygen atoms in total. The minimum Gasteiger partial charge on any atom is -0.489 e. The van der Waals surface area contributed by atoms with Crippen LogP contribution in [0.1, 0.15) is 31.0 Å². The van der Waals surface area contributed by atoms with Gasteiger partial charge in [-0.2, -0.15) is 0 Å². The second-order valence-corrected chi connectivity index (χ2v) is 5.17. The van der Waals surface area contributed by atoms with Gasteiger partial charge in [0.15, 0.2) is 0 Å². The van der Waals surface area contributed by atoms with Crippen LogP contribution in [0.3, 0.4) is 0 Å². The summed E-state index contributed by atoms with van der Waals surface area (Å²) in [4.78, 5) is 0. The lowest BCUT2D eigenvalue weighted by atomic mass is 10.1. The van der Waals surface area contributed by atoms with Crippen LogP contribution < -0.4 is 10.1 Å². The summed E-state index contributed by atoms with van der Waals surface area (Å²) in [6, 6.07) is 16.2. The van der Waals surface area contributed by atoms with E-state index in [1.54, 1.807) is 0 Å². The fourth-order valence-corrected chi connectivity index (χ4v) is 2.25. The Labute approximate surface area is 125 Å². The van der Waals surface area contributed by atoms with E-state index in [-0.39, 0.29) is 6.04 Å². The Bertz CT molecular complexity index is 539. The highest BCUT2D eigenvalue weighted by Gasteiger charge is 2.10. The summed E-state index contributed by atoms with van der Waals surface area (Å²) in [5.74, 6) is 0.927. The fourth-order valence-electron chi connectivity index (χ4n) is 2.13. The van der Waals surface area contributed by atoms with Crippen LogP contribution >= 0.6 is 11.6 Å². The summed E-state index contributed by atoms with van der Waals surface area (Å²) < 4.78 is 5.95. The third-order valence-corrected chi connectivity index (χ3v) is 3.46. The monoisotopic (exact) mass is 289 g/mol. The average molecular weight is 290 g/mol. The van der Waals surface area contributed by atoms with Gasteiger partial charge in [-0.15, -0.1) is 0 Å². The molecule has 0 saturated heterocycles. The molecule has 0 aliphatic rings. The van der Waals surface area contributed by atoms with E-state index in [1.165, 1.54) is 5.56 Å². The second kappa shape index (κ2) is 7.32. The molecule has 0 spiro atoms. The SMILES string of the molecule is CCNC(C)c1ccccc1OCc1ccc(Cl)cc1. The van der Waals surface area contributed by atoms with Crippen molar-refractivity contribution in [3.63, 3.8) is 0 Å². The first-order valence-electron chi connectivity index (χ1n) is 6.90. The third-order valence-electron chi connectivity index (χ3n) is 3.20. The summed E-state index contributed by atoms with van der Waals surface area (Å²) in [7, 11) is 0. The topological polar surface area (TPSA) is 21.3 Å². The van der Waals surface area contributed by atoms with E-state index in [1.807, 2.05) is 42.5 Å². The van der Waals surface area contributed by atoms with Crippen LogP contribution in [-0.4, -0.2) is 6.54 Å². The molecule has 2 rings (SSSR count). The van der Waals surface area contributed by atoms with E-state index in [9.17, 15) is 0 Å². The van der Waals surface area contributed by atoms with Gasteiger partial charge in [-0.25, -0.2) is 0 Å². The molecule has 0 heterocycles. The number of para-hydroxylation sites is 1. The van der Waals surface area contributed by atoms with Gasteiger partial charge >= 0.3 is 0 Å². The number of benzene rings is 2. The highest BCUT2D eigenvalue weighted by atomic mass is 35.5. The van der Waals surface area contributed by atoms with Crippen molar-refractivity contribution < 1.29 is 4.74 Å². The molecule has 0 saturated carbocycles. The normalized spacial score (nSPS) is 12.2. The zero-order chi connectivity index (χ0) is 14.4. The molecular formula is C17H20ClNO. The van der Waals surface area contributed by atoms with Gasteiger partial charge in [-0.1, -0.05) is 48.9 Å². The van der Waals surface area contributed by atoms with E-state index >= 15 is 0 Å². The van der Waals surface area contributed by atoms with Gasteiger partial charge in [-0.05, 0) is 37.2 Å². The Morgan fingerprint density at radius 2 is 1.80 bits per heavy atom. The van der Waals surface area contributed by atoms with Crippen molar-refractivity contribution in [2.45, 2.75) is 26.5 Å². The zero-order valence-corrected chi connectivity index (χ0v) is 12.7. The van der Waals surface area contributed by atoms with Crippen LogP contribution in [0.15, 0.2) is 48.5 Å². The molecule has 0 fully saturated rings. The highest BCUT2D eigenvalue weighted by Crippen LogP contribution is 2.25. The molecule has 0 radical (unpaired) electrons. The van der Waals surface area contributed by atoms with Gasteiger partial charge in [0.25, 0.3) is 0 Å². The highest BCUT2D eigenvalue weighted by molar-refractivity contribution is 6.30. The standard InChI is InChI=1S/C17H20ClNO/c1-3-19-13(2)16-6-4-5-7-17(16)20-12-14-8-10-15(18)11-9-14/h4-11,13,19H,3,12H2,1-2H3. The molecular weight excluding hydrogens is 270 g/mol. The molecule has 0 aliphatic heterocycles. The maximum absolute atomic E-state index is 5.95. The molecule has 3 heteroatoms. The number of rotatable bonds is 6. The molecule has 2 aromatic rings. The lowest BCUT2D eigenvalue weighted by Gasteiger charge is -2.17. The van der Waals surface area contributed by atoms with Crippen LogP contribution in [0.2, 0.25) is 5.02 Å². The number of hydrogen-bond acceptors (Lipinski definition) is 2. The Morgan fingerprint density at radius 3 is 2.50 bits per heavy atom. The summed E-state index contributed by atoms with van der Waals surface area (Å²) in [5.41, 5.74) is 2.30. The van der Waals surface area contributed by atoms with Crippen molar-refractivity contribution in [3.05, 3.63) is 64.7 Å². The Hall–Kier alpha value is -1.51. The van der Waals surface area contributed by atoms with Crippen molar-refractivity contribution in [1.29, 1.82) is 0 Å². The number of hydrogen-bond donors (Lipinski definition) is 1. The Kier molecular flexibility index (Phi) is 5.45. The maximum atomic E-state index is 5.95. The first kappa shape index (κ1) is 14.9. The average Bonchev–Trinajstić information content (AvgIpc) is 2.47. The largest absolute Gasteiger partial charge is 0.489 e. The lowest BCUT2D eigenvalue weighted by Crippen LogP contribution is -2.18. The summed E-state index contributed by atoms with van der Waals surface area (Å²) >= 11 is 5.88. The van der Waals surface area contributed by atoms with Crippen molar-refractivity contribution in [3.8, 4) is 5.75 Å². The first-order valence-corrected chi connectivity index (χ1v) is 7.28. The molecule has 2 aromatic carbocycles. The minimum absolute atomic E-state index is 0.279. The first-order chi connectivity index (χ1) is 9.70. The van der Waals surface area contributed by atoms with Gasteiger partial charge in [0.2, 0.25) is 0 Å². The Balaban J connectivity index is 2.07. The summed E-state index contributed by atoms with van der Waals surface area (Å²) in [6.07, 6.45) is 0. The molecule has 0 bridgehead atoms. The van der Waals surface area contributed by atoms with Crippen LogP contribution in [0, 0.1) is 0 Å². The van der Waals surface area contributed by atoms with Crippen LogP contribution in [0.5, 0.6) is 5.75 Å². The van der Waals surface area contributed by atoms with Crippen LogP contribution in [0.4, 0.5) is 0 Å². The van der Waals surface area contributed by atoms with E-state index < -0.39 is 0 Å². The van der Waals surface area contributed by atoms with E-state index in [0.717, 1.165) is 22.9 Å². The fraction of sp³-hybridized carbons (Fsp3) is 0.294. The minimum atomic E-state index is 0.279. The van der Waals surface area contributed by atoms with Gasteiger partial charge in [0, 0.05) is 16.6 Å². The molecule has 0 amide bonds. The zero-order valence-electron chi connectivity index (χ0n) is 11.9. The van der Waals surface area contributed by atoms with Gasteiger partial charge in [-0.3, -0.25) is 0 Å². The summed E-state index contributed by atoms with van der Waals surface area (Å²) in [5, 5.41) is 4.16. The van der Waals surface area contributed by atoms with Gasteiger partial charge in [0.1, 0.15) is 12.4 Å². The molecule has 0 aromatic heterocycles. The molecule has 0 aliphatic carbocycles. The Morgan fingerprint density at radius 1 is 1.10 bits per heavy atom. The van der Waals surface area contributed by atoms with Gasteiger partial charge < -0.3 is 10.1 Å². The third kappa shape index (κ3) is 3.99. The quantitative estimate of drug-likeness (QED) is 0.840. The summed E-state index contributed by atoms with van der Waals surface area (Å²) in [6.45, 7) is 5.74. The predicted octanol–water partition coefficient (Wildman–Crippen LogP) is 4.59. The number of ether oxygens (including phenoxy) is 1. The predicted molar refractivity (Wildman–Crippen MR) is 84.3 cm³/mol. The van der Waals surface area contributed by atoms with Gasteiger partial charge in [0.05, 0.1) is 0 Å². The van der Waals surface area contributed by atoms with Crippen molar-refractivity contribution in [2.24, 2.45) is 0 Å². The van der Waals surface area contributed by atoms with Crippen LogP contribution in [0.25, 0.3) is 0 Å². The maximum Gasteiger partial charge on any atom is 0.124 e. The molecule has 20 heavy (non-hydrogen) atoms. The van der Waals surface area contributed by atoms with E-state index in [4.69, 9.17) is 16.3 Å². The lowest BCUT2D eigenvalue weighted by molar-refractivity contribution is 0.300. The van der Waals surface area contributed by atoms with Crippen LogP contribution in [-0.2, 0) is 6.61 Å². The number of halogens is 1. The van der Waals surface area contributed by atoms with E-state index in [2.05, 4.69) is 25.2 Å². The smallest absolute Gasteiger partial charge is 0.124 e. The molecule has 1 N–H and O–H groups in total. The van der Waals surface area contributed by atoms with Crippen molar-refractivity contribution in [2.75, 3.05) is 6.54 Å². The second-order valence-electron chi connectivity index (χ2n) is 4.73. The molecule has 1 unspecified atom stereocenters. The van der Waals surface area contributed by atoms with Crippen molar-refractivity contribution in [1.82, 2.24) is 5.32 Å².